The minimum atomic E-state index is 0.119. The molecule has 0 saturated heterocycles. The molecule has 0 bridgehead atoms. The van der Waals surface area contributed by atoms with E-state index in [2.05, 4.69) is 63.1 Å². The molecule has 1 unspecified atom stereocenters. The molecule has 0 aliphatic heterocycles. The second-order valence-corrected chi connectivity index (χ2v) is 5.28. The van der Waals surface area contributed by atoms with Crippen molar-refractivity contribution in [2.24, 2.45) is 0 Å². The summed E-state index contributed by atoms with van der Waals surface area (Å²) in [6.45, 7) is 0. The lowest BCUT2D eigenvalue weighted by Crippen LogP contribution is -2.10. The maximum atomic E-state index is 4.40. The van der Waals surface area contributed by atoms with E-state index in [9.17, 15) is 0 Å². The minimum Gasteiger partial charge on any atom is -0.326 e. The highest BCUT2D eigenvalue weighted by molar-refractivity contribution is 5.79. The molecule has 3 nitrogen and oxygen atoms in total. The number of hydrogen-bond acceptors (Lipinski definition) is 2. The average molecular weight is 285 g/mol. The highest BCUT2D eigenvalue weighted by Gasteiger charge is 2.15. The largest absolute Gasteiger partial charge is 0.326 e. The van der Waals surface area contributed by atoms with Gasteiger partial charge in [0.1, 0.15) is 0 Å². The van der Waals surface area contributed by atoms with Gasteiger partial charge in [-0.25, -0.2) is 4.98 Å². The molecule has 2 aromatic heterocycles. The maximum absolute atomic E-state index is 4.40. The van der Waals surface area contributed by atoms with Crippen LogP contribution in [0.15, 0.2) is 85.6 Å². The molecule has 0 N–H and O–H groups in total. The van der Waals surface area contributed by atoms with Gasteiger partial charge < -0.3 is 4.57 Å². The van der Waals surface area contributed by atoms with Crippen molar-refractivity contribution in [1.82, 2.24) is 14.5 Å². The third-order valence-corrected chi connectivity index (χ3v) is 3.88. The summed E-state index contributed by atoms with van der Waals surface area (Å²) >= 11 is 0. The standard InChI is InChI=1S/C19H15N3/c1-2-5-15(6-3-1)19(22-12-11-20-14-22)17-8-9-18-16(13-17)7-4-10-21-18/h1-14,19H. The van der Waals surface area contributed by atoms with E-state index in [1.54, 1.807) is 0 Å². The fraction of sp³-hybridized carbons (Fsp3) is 0.0526. The second-order valence-electron chi connectivity index (χ2n) is 5.28. The van der Waals surface area contributed by atoms with Crippen molar-refractivity contribution in [3.05, 3.63) is 96.7 Å². The van der Waals surface area contributed by atoms with E-state index >= 15 is 0 Å². The van der Waals surface area contributed by atoms with Gasteiger partial charge in [-0.2, -0.15) is 0 Å². The maximum Gasteiger partial charge on any atom is 0.0954 e. The van der Waals surface area contributed by atoms with Crippen molar-refractivity contribution in [2.75, 3.05) is 0 Å². The Kier molecular flexibility index (Phi) is 3.16. The van der Waals surface area contributed by atoms with Crippen LogP contribution in [0.1, 0.15) is 17.2 Å². The van der Waals surface area contributed by atoms with Crippen molar-refractivity contribution in [2.45, 2.75) is 6.04 Å². The molecule has 0 aliphatic carbocycles. The van der Waals surface area contributed by atoms with E-state index in [0.29, 0.717) is 0 Å². The Morgan fingerprint density at radius 3 is 2.55 bits per heavy atom. The van der Waals surface area contributed by atoms with Crippen molar-refractivity contribution in [1.29, 1.82) is 0 Å². The Labute approximate surface area is 128 Å². The molecular weight excluding hydrogens is 270 g/mol. The summed E-state index contributed by atoms with van der Waals surface area (Å²) in [6.07, 6.45) is 7.52. The Morgan fingerprint density at radius 1 is 0.818 bits per heavy atom. The van der Waals surface area contributed by atoms with Crippen LogP contribution in [0.5, 0.6) is 0 Å². The Morgan fingerprint density at radius 2 is 1.73 bits per heavy atom. The minimum absolute atomic E-state index is 0.119. The number of rotatable bonds is 3. The van der Waals surface area contributed by atoms with Crippen molar-refractivity contribution in [3.63, 3.8) is 0 Å². The molecule has 0 saturated carbocycles. The molecule has 0 amide bonds. The first-order valence-corrected chi connectivity index (χ1v) is 7.29. The number of imidazole rings is 1. The summed E-state index contributed by atoms with van der Waals surface area (Å²) in [4.78, 5) is 8.61. The van der Waals surface area contributed by atoms with Gasteiger partial charge in [-0.1, -0.05) is 42.5 Å². The van der Waals surface area contributed by atoms with Gasteiger partial charge in [0, 0.05) is 24.0 Å². The van der Waals surface area contributed by atoms with Gasteiger partial charge in [0.15, 0.2) is 0 Å². The first-order valence-electron chi connectivity index (χ1n) is 7.29. The lowest BCUT2D eigenvalue weighted by atomic mass is 9.97. The molecule has 0 fully saturated rings. The zero-order valence-electron chi connectivity index (χ0n) is 12.0. The van der Waals surface area contributed by atoms with E-state index in [0.717, 1.165) is 10.9 Å². The lowest BCUT2D eigenvalue weighted by Gasteiger charge is -2.20. The molecule has 0 aliphatic rings. The summed E-state index contributed by atoms with van der Waals surface area (Å²) in [6, 6.07) is 21.1. The van der Waals surface area contributed by atoms with E-state index in [-0.39, 0.29) is 6.04 Å². The zero-order valence-corrected chi connectivity index (χ0v) is 12.0. The Bertz CT molecular complexity index is 883. The number of benzene rings is 2. The van der Waals surface area contributed by atoms with Crippen LogP contribution in [-0.4, -0.2) is 14.5 Å². The smallest absolute Gasteiger partial charge is 0.0954 e. The summed E-state index contributed by atoms with van der Waals surface area (Å²) in [7, 11) is 0. The van der Waals surface area contributed by atoms with E-state index in [1.165, 1.54) is 11.1 Å². The van der Waals surface area contributed by atoms with E-state index < -0.39 is 0 Å². The van der Waals surface area contributed by atoms with Gasteiger partial charge in [0.05, 0.1) is 17.9 Å². The topological polar surface area (TPSA) is 30.7 Å². The summed E-state index contributed by atoms with van der Waals surface area (Å²) < 4.78 is 2.13. The molecule has 22 heavy (non-hydrogen) atoms. The van der Waals surface area contributed by atoms with Crippen LogP contribution < -0.4 is 0 Å². The van der Waals surface area contributed by atoms with Gasteiger partial charge in [-0.3, -0.25) is 4.98 Å². The first-order chi connectivity index (χ1) is 10.9. The molecule has 3 heteroatoms. The third-order valence-electron chi connectivity index (χ3n) is 3.88. The molecule has 0 spiro atoms. The fourth-order valence-electron chi connectivity index (χ4n) is 2.86. The number of nitrogens with zero attached hydrogens (tertiary/aromatic N) is 3. The quantitative estimate of drug-likeness (QED) is 0.568. The Hall–Kier alpha value is -2.94. The highest BCUT2D eigenvalue weighted by atomic mass is 15.0. The number of aromatic nitrogens is 3. The molecule has 1 atom stereocenters. The number of hydrogen-bond donors (Lipinski definition) is 0. The van der Waals surface area contributed by atoms with Crippen LogP contribution in [-0.2, 0) is 0 Å². The van der Waals surface area contributed by atoms with E-state index in [1.807, 2.05) is 37.1 Å². The number of pyridine rings is 1. The molecule has 2 aromatic carbocycles. The van der Waals surface area contributed by atoms with Crippen molar-refractivity contribution in [3.8, 4) is 0 Å². The fourth-order valence-corrected chi connectivity index (χ4v) is 2.86. The van der Waals surface area contributed by atoms with Crippen LogP contribution in [0.4, 0.5) is 0 Å². The predicted octanol–water partition coefficient (Wildman–Crippen LogP) is 4.07. The predicted molar refractivity (Wildman–Crippen MR) is 87.7 cm³/mol. The van der Waals surface area contributed by atoms with Crippen molar-refractivity contribution < 1.29 is 0 Å². The van der Waals surface area contributed by atoms with Gasteiger partial charge in [-0.05, 0) is 29.3 Å². The van der Waals surface area contributed by atoms with Gasteiger partial charge >= 0.3 is 0 Å². The highest BCUT2D eigenvalue weighted by Crippen LogP contribution is 2.28. The molecule has 106 valence electrons. The third kappa shape index (κ3) is 2.27. The van der Waals surface area contributed by atoms with Crippen LogP contribution in [0.3, 0.4) is 0 Å². The summed E-state index contributed by atoms with van der Waals surface area (Å²) in [5.74, 6) is 0. The van der Waals surface area contributed by atoms with Gasteiger partial charge in [0.25, 0.3) is 0 Å². The average Bonchev–Trinajstić information content (AvgIpc) is 3.10. The molecule has 4 rings (SSSR count). The summed E-state index contributed by atoms with van der Waals surface area (Å²) in [5.41, 5.74) is 3.48. The molecule has 2 heterocycles. The first kappa shape index (κ1) is 12.8. The summed E-state index contributed by atoms with van der Waals surface area (Å²) in [5, 5.41) is 1.15. The second kappa shape index (κ2) is 5.45. The van der Waals surface area contributed by atoms with Crippen molar-refractivity contribution >= 4 is 10.9 Å². The monoisotopic (exact) mass is 285 g/mol. The SMILES string of the molecule is c1ccc(C(c2ccc3ncccc3c2)n2ccnc2)cc1. The van der Waals surface area contributed by atoms with E-state index in [4.69, 9.17) is 0 Å². The molecular formula is C19H15N3. The molecule has 0 radical (unpaired) electrons. The van der Waals surface area contributed by atoms with Crippen LogP contribution in [0.2, 0.25) is 0 Å². The zero-order chi connectivity index (χ0) is 14.8. The number of fused-ring (bicyclic) bond motifs is 1. The van der Waals surface area contributed by atoms with Gasteiger partial charge in [-0.15, -0.1) is 0 Å². The molecule has 4 aromatic rings. The lowest BCUT2D eigenvalue weighted by molar-refractivity contribution is 0.677. The van der Waals surface area contributed by atoms with Crippen LogP contribution in [0, 0.1) is 0 Å². The van der Waals surface area contributed by atoms with Crippen LogP contribution in [0.25, 0.3) is 10.9 Å². The van der Waals surface area contributed by atoms with Gasteiger partial charge in [0.2, 0.25) is 0 Å². The van der Waals surface area contributed by atoms with Crippen LogP contribution >= 0.6 is 0 Å². The normalized spacial score (nSPS) is 12.4. The Balaban J connectivity index is 1.89.